The van der Waals surface area contributed by atoms with Crippen LogP contribution in [0.15, 0.2) is 0 Å². The van der Waals surface area contributed by atoms with E-state index in [2.05, 4.69) is 0 Å². The molecule has 66 valence electrons. The summed E-state index contributed by atoms with van der Waals surface area (Å²) in [5.74, 6) is -1.37. The molecule has 2 N–H and O–H groups in total. The standard InChI is InChI=1S/C8H17NO2/c1-8(2,3)9-6-4-5-7(10)11/h9H,4-6H2,1-3H3,(H,10,11)/i5D,6D2/hD. The second-order valence-corrected chi connectivity index (χ2v) is 3.19. The Morgan fingerprint density at radius 1 is 1.73 bits per heavy atom. The maximum atomic E-state index is 10.4. The van der Waals surface area contributed by atoms with Crippen LogP contribution in [0.25, 0.3) is 0 Å². The van der Waals surface area contributed by atoms with Crippen molar-refractivity contribution < 1.29 is 15.4 Å². The van der Waals surface area contributed by atoms with Gasteiger partial charge in [-0.15, -0.1) is 0 Å². The number of hydrogen-bond donors (Lipinski definition) is 2. The molecule has 1 atom stereocenters. The molecule has 0 aliphatic carbocycles. The number of rotatable bonds is 4. The third-order valence-corrected chi connectivity index (χ3v) is 0.782. The maximum Gasteiger partial charge on any atom is 0.303 e. The zero-order chi connectivity index (χ0) is 12.4. The fourth-order valence-electron chi connectivity index (χ4n) is 0.416. The zero-order valence-corrected chi connectivity index (χ0v) is 7.09. The first-order valence-corrected chi connectivity index (χ1v) is 3.43. The molecule has 0 aromatic rings. The van der Waals surface area contributed by atoms with Crippen LogP contribution in [0, 0.1) is 0 Å². The third kappa shape index (κ3) is 9.43. The Balaban J connectivity index is 4.62. The van der Waals surface area contributed by atoms with Gasteiger partial charge >= 0.3 is 5.97 Å². The molecule has 0 saturated carbocycles. The van der Waals surface area contributed by atoms with Gasteiger partial charge < -0.3 is 10.4 Å². The van der Waals surface area contributed by atoms with Gasteiger partial charge in [0.2, 0.25) is 0 Å². The van der Waals surface area contributed by atoms with Crippen LogP contribution in [0.4, 0.5) is 0 Å². The van der Waals surface area contributed by atoms with Crippen molar-refractivity contribution in [1.82, 2.24) is 5.31 Å². The predicted octanol–water partition coefficient (Wildman–Crippen LogP) is 1.24. The molecular weight excluding hydrogens is 142 g/mol. The van der Waals surface area contributed by atoms with Crippen molar-refractivity contribution in [2.75, 3.05) is 6.50 Å². The minimum atomic E-state index is -2.12. The number of carboxylic acids is 1. The van der Waals surface area contributed by atoms with Crippen molar-refractivity contribution in [2.24, 2.45) is 0 Å². The van der Waals surface area contributed by atoms with Gasteiger partial charge in [0.1, 0.15) is 1.41 Å². The van der Waals surface area contributed by atoms with Crippen LogP contribution in [0.2, 0.25) is 1.41 Å². The monoisotopic (exact) mass is 163 g/mol. The fraction of sp³-hybridized carbons (Fsp3) is 0.875. The van der Waals surface area contributed by atoms with E-state index in [9.17, 15) is 4.79 Å². The van der Waals surface area contributed by atoms with Gasteiger partial charge in [0.05, 0.1) is 0 Å². The van der Waals surface area contributed by atoms with Crippen molar-refractivity contribution in [1.29, 1.82) is 0 Å². The summed E-state index contributed by atoms with van der Waals surface area (Å²) in [6.45, 7) is 2.83. The molecule has 11 heavy (non-hydrogen) atoms. The molecule has 0 radical (unpaired) electrons. The Hall–Kier alpha value is -0.570. The molecule has 3 heteroatoms. The summed E-state index contributed by atoms with van der Waals surface area (Å²) in [7, 11) is 0. The molecule has 1 unspecified atom stereocenters. The molecule has 0 amide bonds. The summed E-state index contributed by atoms with van der Waals surface area (Å²) in [5, 5.41) is 9.19. The van der Waals surface area contributed by atoms with Crippen LogP contribution in [-0.4, -0.2) is 23.1 Å². The quantitative estimate of drug-likeness (QED) is 0.655. The van der Waals surface area contributed by atoms with Gasteiger partial charge in [0.25, 0.3) is 0 Å². The Bertz CT molecular complexity index is 239. The summed E-state index contributed by atoms with van der Waals surface area (Å²) in [5.41, 5.74) is -0.734. The Labute approximate surface area is 73.5 Å². The largest absolute Gasteiger partial charge is 0.481 e. The molecule has 0 aromatic carbocycles. The molecule has 0 bridgehead atoms. The van der Waals surface area contributed by atoms with Crippen LogP contribution in [0.5, 0.6) is 0 Å². The first-order valence-electron chi connectivity index (χ1n) is 5.45. The van der Waals surface area contributed by atoms with Crippen LogP contribution in [0.3, 0.4) is 0 Å². The van der Waals surface area contributed by atoms with Crippen LogP contribution in [0.1, 0.15) is 37.7 Å². The highest BCUT2D eigenvalue weighted by Crippen LogP contribution is 1.98. The van der Waals surface area contributed by atoms with Gasteiger partial charge in [-0.05, 0) is 33.7 Å². The highest BCUT2D eigenvalue weighted by molar-refractivity contribution is 5.66. The summed E-state index contributed by atoms with van der Waals surface area (Å²) in [4.78, 5) is 10.4. The molecular formula is C8H17NO2. The average Bonchev–Trinajstić information content (AvgIpc) is 2.00. The summed E-state index contributed by atoms with van der Waals surface area (Å²) >= 11 is 0. The highest BCUT2D eigenvalue weighted by atomic mass is 16.4. The summed E-state index contributed by atoms with van der Waals surface area (Å²) in [6, 6.07) is 0. The molecule has 0 aliphatic rings. The van der Waals surface area contributed by atoms with E-state index < -0.39 is 30.8 Å². The number of aliphatic carboxylic acids is 1. The van der Waals surface area contributed by atoms with Gasteiger partial charge in [0.15, 0.2) is 0 Å². The van der Waals surface area contributed by atoms with E-state index in [1.54, 1.807) is 20.8 Å². The summed E-state index contributed by atoms with van der Waals surface area (Å²) in [6.07, 6.45) is -2.07. The van der Waals surface area contributed by atoms with Crippen molar-refractivity contribution in [3.8, 4) is 0 Å². The molecule has 3 nitrogen and oxygen atoms in total. The van der Waals surface area contributed by atoms with Crippen molar-refractivity contribution >= 4 is 5.97 Å². The number of nitrogens with one attached hydrogen (secondary N) is 1. The molecule has 0 heterocycles. The zero-order valence-electron chi connectivity index (χ0n) is 11.1. The van der Waals surface area contributed by atoms with Crippen LogP contribution < -0.4 is 5.31 Å². The van der Waals surface area contributed by atoms with E-state index in [1.807, 2.05) is 0 Å². The van der Waals surface area contributed by atoms with E-state index in [0.29, 0.717) is 5.31 Å². The lowest BCUT2D eigenvalue weighted by Crippen LogP contribution is -2.36. The van der Waals surface area contributed by atoms with Crippen molar-refractivity contribution in [3.05, 3.63) is 0 Å². The molecule has 0 saturated heterocycles. The van der Waals surface area contributed by atoms with Crippen molar-refractivity contribution in [2.45, 2.75) is 39.1 Å². The Morgan fingerprint density at radius 3 is 2.64 bits per heavy atom. The molecule has 0 aromatic heterocycles. The Morgan fingerprint density at radius 2 is 2.27 bits per heavy atom. The normalized spacial score (nSPS) is 21.5. The second kappa shape index (κ2) is 4.34. The van der Waals surface area contributed by atoms with Crippen LogP contribution >= 0.6 is 0 Å². The Kier molecular flexibility index (Phi) is 2.03. The SMILES string of the molecule is [2H]C(CC([2H])([2H])N([2H])C(C)(C)C)C(=O)O. The van der Waals surface area contributed by atoms with E-state index in [0.717, 1.165) is 0 Å². The van der Waals surface area contributed by atoms with Gasteiger partial charge in [-0.1, -0.05) is 0 Å². The molecule has 0 spiro atoms. The lowest BCUT2D eigenvalue weighted by molar-refractivity contribution is -0.137. The topological polar surface area (TPSA) is 49.3 Å². The lowest BCUT2D eigenvalue weighted by atomic mass is 10.1. The summed E-state index contributed by atoms with van der Waals surface area (Å²) < 4.78 is 29.7. The third-order valence-electron chi connectivity index (χ3n) is 0.782. The number of carboxylic acid groups (broad SMARTS) is 1. The second-order valence-electron chi connectivity index (χ2n) is 3.19. The molecule has 0 rings (SSSR count). The van der Waals surface area contributed by atoms with E-state index in [-0.39, 0.29) is 0 Å². The first-order chi connectivity index (χ1) is 6.48. The van der Waals surface area contributed by atoms with Gasteiger partial charge in [0, 0.05) is 16.0 Å². The number of hydrogen-bond acceptors (Lipinski definition) is 2. The minimum Gasteiger partial charge on any atom is -0.481 e. The van der Waals surface area contributed by atoms with E-state index in [4.69, 9.17) is 10.6 Å². The van der Waals surface area contributed by atoms with E-state index >= 15 is 0 Å². The predicted molar refractivity (Wildman–Crippen MR) is 44.6 cm³/mol. The van der Waals surface area contributed by atoms with Gasteiger partial charge in [-0.25, -0.2) is 0 Å². The lowest BCUT2D eigenvalue weighted by Gasteiger charge is -2.19. The smallest absolute Gasteiger partial charge is 0.303 e. The highest BCUT2D eigenvalue weighted by Gasteiger charge is 2.07. The average molecular weight is 163 g/mol. The first kappa shape index (κ1) is 5.14. The molecule has 0 aliphatic heterocycles. The van der Waals surface area contributed by atoms with Crippen LogP contribution in [-0.2, 0) is 4.79 Å². The minimum absolute atomic E-state index is 0.525. The fourth-order valence-corrected chi connectivity index (χ4v) is 0.416. The van der Waals surface area contributed by atoms with Gasteiger partial charge in [-0.2, -0.15) is 0 Å². The van der Waals surface area contributed by atoms with Crippen molar-refractivity contribution in [3.63, 3.8) is 0 Å². The number of carbonyl (C=O) groups is 1. The van der Waals surface area contributed by atoms with E-state index in [1.165, 1.54) is 0 Å². The molecule has 0 fully saturated rings. The van der Waals surface area contributed by atoms with Gasteiger partial charge in [-0.3, -0.25) is 4.79 Å². The maximum absolute atomic E-state index is 10.4.